The van der Waals surface area contributed by atoms with E-state index in [1.54, 1.807) is 18.6 Å². The van der Waals surface area contributed by atoms with E-state index in [1.807, 2.05) is 71.3 Å². The molecule has 0 amide bonds. The van der Waals surface area contributed by atoms with Crippen LogP contribution in [0, 0.1) is 0 Å². The second-order valence-electron chi connectivity index (χ2n) is 6.67. The minimum Gasteiger partial charge on any atom is -0.360 e. The van der Waals surface area contributed by atoms with Crippen LogP contribution >= 0.6 is 11.8 Å². The van der Waals surface area contributed by atoms with Crippen molar-refractivity contribution in [3.05, 3.63) is 90.9 Å². The van der Waals surface area contributed by atoms with Gasteiger partial charge >= 0.3 is 0 Å². The summed E-state index contributed by atoms with van der Waals surface area (Å²) in [6, 6.07) is 21.5. The largest absolute Gasteiger partial charge is 0.360 e. The Morgan fingerprint density at radius 2 is 1.70 bits per heavy atom. The lowest BCUT2D eigenvalue weighted by atomic mass is 10.1. The molecule has 0 aliphatic heterocycles. The van der Waals surface area contributed by atoms with Crippen molar-refractivity contribution in [3.63, 3.8) is 0 Å². The van der Waals surface area contributed by atoms with E-state index in [0.717, 1.165) is 22.2 Å². The average Bonchev–Trinajstić information content (AvgIpc) is 3.43. The van der Waals surface area contributed by atoms with Crippen molar-refractivity contribution < 1.29 is 4.79 Å². The van der Waals surface area contributed by atoms with Crippen LogP contribution in [0.25, 0.3) is 28.0 Å². The summed E-state index contributed by atoms with van der Waals surface area (Å²) in [7, 11) is 0. The summed E-state index contributed by atoms with van der Waals surface area (Å²) in [5, 5.41) is 10.4. The quantitative estimate of drug-likeness (QED) is 0.321. The number of aromatic amines is 1. The summed E-state index contributed by atoms with van der Waals surface area (Å²) >= 11 is 1.38. The molecule has 0 aliphatic rings. The van der Waals surface area contributed by atoms with Crippen molar-refractivity contribution >= 4 is 28.4 Å². The Kier molecular flexibility index (Phi) is 4.86. The Bertz CT molecular complexity index is 1310. The molecular weight excluding hydrogens is 394 g/mol. The number of para-hydroxylation sites is 2. The van der Waals surface area contributed by atoms with Crippen LogP contribution in [0.1, 0.15) is 10.4 Å². The first-order valence-electron chi connectivity index (χ1n) is 9.44. The molecule has 5 aromatic rings. The van der Waals surface area contributed by atoms with Crippen LogP contribution in [0.2, 0.25) is 0 Å². The number of Topliss-reactive ketones (excluding diaryl/α,β-unsaturated/α-hetero) is 1. The van der Waals surface area contributed by atoms with Gasteiger partial charge in [-0.25, -0.2) is 0 Å². The van der Waals surface area contributed by atoms with Gasteiger partial charge in [0, 0.05) is 46.3 Å². The summed E-state index contributed by atoms with van der Waals surface area (Å²) in [4.78, 5) is 20.2. The third-order valence-electron chi connectivity index (χ3n) is 4.81. The van der Waals surface area contributed by atoms with Gasteiger partial charge in [0.25, 0.3) is 0 Å². The number of carbonyl (C=O) groups is 1. The molecule has 6 nitrogen and oxygen atoms in total. The topological polar surface area (TPSA) is 76.5 Å². The van der Waals surface area contributed by atoms with E-state index >= 15 is 0 Å². The molecule has 30 heavy (non-hydrogen) atoms. The molecule has 0 saturated heterocycles. The third-order valence-corrected chi connectivity index (χ3v) is 5.74. The third kappa shape index (κ3) is 3.40. The molecular formula is C23H17N5OS. The zero-order valence-electron chi connectivity index (χ0n) is 15.9. The van der Waals surface area contributed by atoms with Crippen molar-refractivity contribution in [2.75, 3.05) is 5.75 Å². The van der Waals surface area contributed by atoms with Crippen LogP contribution in [0.3, 0.4) is 0 Å². The van der Waals surface area contributed by atoms with Gasteiger partial charge in [0.05, 0.1) is 5.75 Å². The maximum atomic E-state index is 12.9. The first-order valence-corrected chi connectivity index (χ1v) is 10.4. The summed E-state index contributed by atoms with van der Waals surface area (Å²) < 4.78 is 1.97. The predicted molar refractivity (Wildman–Crippen MR) is 118 cm³/mol. The van der Waals surface area contributed by atoms with Gasteiger partial charge in [-0.2, -0.15) is 0 Å². The number of hydrogen-bond acceptors (Lipinski definition) is 5. The van der Waals surface area contributed by atoms with Crippen molar-refractivity contribution in [1.82, 2.24) is 24.7 Å². The van der Waals surface area contributed by atoms with Gasteiger partial charge in [0.2, 0.25) is 0 Å². The van der Waals surface area contributed by atoms with E-state index < -0.39 is 0 Å². The summed E-state index contributed by atoms with van der Waals surface area (Å²) in [6.07, 6.45) is 5.23. The summed E-state index contributed by atoms with van der Waals surface area (Å²) in [6.45, 7) is 0. The van der Waals surface area contributed by atoms with Gasteiger partial charge in [-0.15, -0.1) is 10.2 Å². The van der Waals surface area contributed by atoms with Crippen LogP contribution in [0.5, 0.6) is 0 Å². The maximum Gasteiger partial charge on any atom is 0.196 e. The molecule has 146 valence electrons. The molecule has 3 heterocycles. The Labute approximate surface area is 177 Å². The molecule has 0 unspecified atom stereocenters. The van der Waals surface area contributed by atoms with Crippen molar-refractivity contribution in [2.24, 2.45) is 0 Å². The number of nitrogens with one attached hydrogen (secondary N) is 1. The first-order chi connectivity index (χ1) is 14.8. The molecule has 7 heteroatoms. The Balaban J connectivity index is 1.47. The van der Waals surface area contributed by atoms with Crippen LogP contribution in [0.15, 0.2) is 90.5 Å². The van der Waals surface area contributed by atoms with Crippen molar-refractivity contribution in [2.45, 2.75) is 5.16 Å². The average molecular weight is 411 g/mol. The van der Waals surface area contributed by atoms with E-state index in [2.05, 4.69) is 20.2 Å². The fourth-order valence-electron chi connectivity index (χ4n) is 3.37. The van der Waals surface area contributed by atoms with E-state index in [4.69, 9.17) is 0 Å². The number of fused-ring (bicyclic) bond motifs is 1. The lowest BCUT2D eigenvalue weighted by molar-refractivity contribution is 0.102. The van der Waals surface area contributed by atoms with E-state index in [-0.39, 0.29) is 11.5 Å². The van der Waals surface area contributed by atoms with Crippen molar-refractivity contribution in [3.8, 4) is 17.1 Å². The SMILES string of the molecule is O=C(CSc1nnc(-c2ccncc2)n1-c1ccccc1)c1c[nH]c2ccccc12. The van der Waals surface area contributed by atoms with E-state index in [1.165, 1.54) is 11.8 Å². The monoisotopic (exact) mass is 411 g/mol. The fraction of sp³-hybridized carbons (Fsp3) is 0.0435. The normalized spacial score (nSPS) is 11.1. The number of rotatable bonds is 6. The highest BCUT2D eigenvalue weighted by molar-refractivity contribution is 7.99. The standard InChI is InChI=1S/C23H17N5OS/c29-21(19-14-25-20-9-5-4-8-18(19)20)15-30-23-27-26-22(16-10-12-24-13-11-16)28(23)17-6-2-1-3-7-17/h1-14,25H,15H2. The number of benzene rings is 2. The lowest BCUT2D eigenvalue weighted by Gasteiger charge is -2.10. The molecule has 1 N–H and O–H groups in total. The second kappa shape index (κ2) is 7.96. The number of nitrogens with zero attached hydrogens (tertiary/aromatic N) is 4. The van der Waals surface area contributed by atoms with Crippen molar-refractivity contribution in [1.29, 1.82) is 0 Å². The molecule has 0 saturated carbocycles. The number of pyridine rings is 1. The lowest BCUT2D eigenvalue weighted by Crippen LogP contribution is -2.04. The van der Waals surface area contributed by atoms with E-state index in [9.17, 15) is 4.79 Å². The van der Waals surface area contributed by atoms with Gasteiger partial charge < -0.3 is 4.98 Å². The van der Waals surface area contributed by atoms with Crippen LogP contribution < -0.4 is 0 Å². The zero-order valence-corrected chi connectivity index (χ0v) is 16.7. The molecule has 2 aromatic carbocycles. The highest BCUT2D eigenvalue weighted by atomic mass is 32.2. The molecule has 3 aromatic heterocycles. The molecule has 0 bridgehead atoms. The van der Waals surface area contributed by atoms with Gasteiger partial charge in [0.15, 0.2) is 16.8 Å². The van der Waals surface area contributed by atoms with Crippen LogP contribution in [-0.2, 0) is 0 Å². The highest BCUT2D eigenvalue weighted by Gasteiger charge is 2.18. The molecule has 5 rings (SSSR count). The molecule has 0 aliphatic carbocycles. The predicted octanol–water partition coefficient (Wildman–Crippen LogP) is 4.79. The number of carbonyl (C=O) groups excluding carboxylic acids is 1. The smallest absolute Gasteiger partial charge is 0.196 e. The molecule has 0 fully saturated rings. The van der Waals surface area contributed by atoms with Gasteiger partial charge in [0.1, 0.15) is 0 Å². The number of aromatic nitrogens is 5. The number of thioether (sulfide) groups is 1. The minimum absolute atomic E-state index is 0.0468. The Morgan fingerprint density at radius 1 is 0.933 bits per heavy atom. The summed E-state index contributed by atoms with van der Waals surface area (Å²) in [5.41, 5.74) is 3.50. The van der Waals surface area contributed by atoms with Crippen LogP contribution in [-0.4, -0.2) is 36.3 Å². The fourth-order valence-corrected chi connectivity index (χ4v) is 4.21. The number of H-pyrrole nitrogens is 1. The van der Waals surface area contributed by atoms with Crippen LogP contribution in [0.4, 0.5) is 0 Å². The molecule has 0 atom stereocenters. The number of hydrogen-bond donors (Lipinski definition) is 1. The van der Waals surface area contributed by atoms with Gasteiger partial charge in [-0.1, -0.05) is 48.2 Å². The Morgan fingerprint density at radius 3 is 2.53 bits per heavy atom. The van der Waals surface area contributed by atoms with E-state index in [0.29, 0.717) is 16.5 Å². The minimum atomic E-state index is 0.0468. The maximum absolute atomic E-state index is 12.9. The first kappa shape index (κ1) is 18.3. The molecule has 0 radical (unpaired) electrons. The highest BCUT2D eigenvalue weighted by Crippen LogP contribution is 2.28. The van der Waals surface area contributed by atoms with Gasteiger partial charge in [-0.05, 0) is 30.3 Å². The summed E-state index contributed by atoms with van der Waals surface area (Å²) in [5.74, 6) is 1.03. The number of ketones is 1. The molecule has 0 spiro atoms. The zero-order chi connectivity index (χ0) is 20.3. The Hall–Kier alpha value is -3.71. The van der Waals surface area contributed by atoms with Gasteiger partial charge in [-0.3, -0.25) is 14.3 Å². The second-order valence-corrected chi connectivity index (χ2v) is 7.62.